The number of ether oxygens (including phenoxy) is 1. The number of nitrogens with zero attached hydrogens (tertiary/aromatic N) is 2. The molecule has 7 nitrogen and oxygen atoms in total. The lowest BCUT2D eigenvalue weighted by Crippen LogP contribution is -2.19. The van der Waals surface area contributed by atoms with Gasteiger partial charge in [0.1, 0.15) is 24.1 Å². The summed E-state index contributed by atoms with van der Waals surface area (Å²) < 4.78 is 4.63. The summed E-state index contributed by atoms with van der Waals surface area (Å²) in [5.41, 5.74) is 4.87. The summed E-state index contributed by atoms with van der Waals surface area (Å²) in [4.78, 5) is 19.1. The maximum absolute atomic E-state index is 10.4. The Morgan fingerprint density at radius 3 is 2.42 bits per heavy atom. The highest BCUT2D eigenvalue weighted by Gasteiger charge is 2.03. The van der Waals surface area contributed by atoms with Crippen LogP contribution in [-0.4, -0.2) is 35.8 Å². The largest absolute Gasteiger partial charge is 0.448 e. The molecule has 4 N–H and O–H groups in total. The molecule has 0 bridgehead atoms. The smallest absolute Gasteiger partial charge is 0.404 e. The Kier molecular flexibility index (Phi) is 6.42. The van der Waals surface area contributed by atoms with Crippen LogP contribution in [0.2, 0.25) is 0 Å². The maximum Gasteiger partial charge on any atom is 0.404 e. The lowest BCUT2D eigenvalue weighted by Gasteiger charge is -2.10. The van der Waals surface area contributed by atoms with Gasteiger partial charge in [0.15, 0.2) is 0 Å². The number of carbonyl (C=O) groups is 1. The van der Waals surface area contributed by atoms with Crippen molar-refractivity contribution < 1.29 is 9.53 Å². The predicted molar refractivity (Wildman–Crippen MR) is 74.2 cm³/mol. The molecular formula is C12H21N5O2. The summed E-state index contributed by atoms with van der Waals surface area (Å²) in [6.45, 7) is 5.62. The molecule has 1 rings (SSSR count). The minimum absolute atomic E-state index is 0.207. The molecule has 0 saturated heterocycles. The van der Waals surface area contributed by atoms with Crippen LogP contribution in [0.15, 0.2) is 6.07 Å². The van der Waals surface area contributed by atoms with Crippen LogP contribution in [0.1, 0.15) is 26.1 Å². The number of carbonyl (C=O) groups excluding carboxylic acids is 1. The second kappa shape index (κ2) is 8.12. The van der Waals surface area contributed by atoms with Crippen LogP contribution in [0.25, 0.3) is 0 Å². The van der Waals surface area contributed by atoms with Crippen LogP contribution < -0.4 is 16.4 Å². The van der Waals surface area contributed by atoms with Gasteiger partial charge in [-0.05, 0) is 6.42 Å². The fourth-order valence-electron chi connectivity index (χ4n) is 1.42. The highest BCUT2D eigenvalue weighted by molar-refractivity contribution is 5.64. The van der Waals surface area contributed by atoms with Crippen LogP contribution in [-0.2, 0) is 11.2 Å². The number of amides is 1. The minimum atomic E-state index is -0.774. The van der Waals surface area contributed by atoms with Crippen LogP contribution in [0.5, 0.6) is 0 Å². The van der Waals surface area contributed by atoms with Crippen molar-refractivity contribution in [3.8, 4) is 0 Å². The van der Waals surface area contributed by atoms with E-state index >= 15 is 0 Å². The Morgan fingerprint density at radius 2 is 1.89 bits per heavy atom. The molecule has 0 fully saturated rings. The highest BCUT2D eigenvalue weighted by Crippen LogP contribution is 2.11. The molecule has 0 aliphatic heterocycles. The molecule has 0 saturated carbocycles. The Morgan fingerprint density at radius 1 is 1.26 bits per heavy atom. The lowest BCUT2D eigenvalue weighted by molar-refractivity contribution is 0.161. The summed E-state index contributed by atoms with van der Waals surface area (Å²) in [5, 5.41) is 6.29. The van der Waals surface area contributed by atoms with Crippen LogP contribution in [0, 0.1) is 0 Å². The molecule has 1 amide bonds. The quantitative estimate of drug-likeness (QED) is 0.615. The van der Waals surface area contributed by atoms with Gasteiger partial charge in [-0.1, -0.05) is 13.8 Å². The van der Waals surface area contributed by atoms with Crippen molar-refractivity contribution in [2.45, 2.75) is 26.7 Å². The normalized spacial score (nSPS) is 10.0. The van der Waals surface area contributed by atoms with E-state index < -0.39 is 6.09 Å². The molecule has 19 heavy (non-hydrogen) atoms. The van der Waals surface area contributed by atoms with Crippen molar-refractivity contribution in [2.75, 3.05) is 30.3 Å². The van der Waals surface area contributed by atoms with Gasteiger partial charge < -0.3 is 21.1 Å². The van der Waals surface area contributed by atoms with E-state index in [-0.39, 0.29) is 6.61 Å². The summed E-state index contributed by atoms with van der Waals surface area (Å²) in [5.74, 6) is 2.27. The molecule has 7 heteroatoms. The van der Waals surface area contributed by atoms with Gasteiger partial charge in [-0.2, -0.15) is 0 Å². The number of anilines is 2. The molecule has 0 spiro atoms. The monoisotopic (exact) mass is 267 g/mol. The molecule has 1 aromatic rings. The van der Waals surface area contributed by atoms with Crippen molar-refractivity contribution in [3.05, 3.63) is 11.9 Å². The molecule has 0 unspecified atom stereocenters. The number of hydrogen-bond donors (Lipinski definition) is 3. The number of aryl methyl sites for hydroxylation is 1. The summed E-state index contributed by atoms with van der Waals surface area (Å²) in [7, 11) is 0. The van der Waals surface area contributed by atoms with Crippen molar-refractivity contribution in [1.29, 1.82) is 0 Å². The third-order valence-corrected chi connectivity index (χ3v) is 2.30. The lowest BCUT2D eigenvalue weighted by atomic mass is 10.4. The van der Waals surface area contributed by atoms with Gasteiger partial charge in [-0.15, -0.1) is 0 Å². The summed E-state index contributed by atoms with van der Waals surface area (Å²) >= 11 is 0. The molecule has 1 aromatic heterocycles. The van der Waals surface area contributed by atoms with E-state index in [1.54, 1.807) is 0 Å². The molecule has 0 aliphatic carbocycles. The van der Waals surface area contributed by atoms with E-state index in [4.69, 9.17) is 5.73 Å². The zero-order valence-corrected chi connectivity index (χ0v) is 11.4. The average Bonchev–Trinajstić information content (AvgIpc) is 2.41. The predicted octanol–water partition coefficient (Wildman–Crippen LogP) is 1.37. The molecule has 0 atom stereocenters. The average molecular weight is 267 g/mol. The number of primary amides is 1. The molecular weight excluding hydrogens is 246 g/mol. The molecule has 0 aromatic carbocycles. The number of nitrogens with two attached hydrogens (primary N) is 1. The van der Waals surface area contributed by atoms with Crippen LogP contribution in [0.4, 0.5) is 16.4 Å². The first-order valence-electron chi connectivity index (χ1n) is 6.43. The van der Waals surface area contributed by atoms with Crippen molar-refractivity contribution in [2.24, 2.45) is 5.73 Å². The van der Waals surface area contributed by atoms with Gasteiger partial charge in [0, 0.05) is 19.0 Å². The van der Waals surface area contributed by atoms with E-state index in [0.29, 0.717) is 12.4 Å². The SMILES string of the molecule is CCCNc1cc(NCCOC(N)=O)nc(CC)n1. The number of nitrogens with one attached hydrogen (secondary N) is 2. The van der Waals surface area contributed by atoms with Gasteiger partial charge in [-0.3, -0.25) is 0 Å². The van der Waals surface area contributed by atoms with Crippen LogP contribution >= 0.6 is 0 Å². The topological polar surface area (TPSA) is 102 Å². The highest BCUT2D eigenvalue weighted by atomic mass is 16.5. The zero-order chi connectivity index (χ0) is 14.1. The van der Waals surface area contributed by atoms with Crippen LogP contribution in [0.3, 0.4) is 0 Å². The van der Waals surface area contributed by atoms with Gasteiger partial charge in [-0.25, -0.2) is 14.8 Å². The van der Waals surface area contributed by atoms with E-state index in [1.807, 2.05) is 13.0 Å². The Labute approximate surface area is 113 Å². The molecule has 0 aliphatic rings. The van der Waals surface area contributed by atoms with Crippen molar-refractivity contribution >= 4 is 17.7 Å². The fraction of sp³-hybridized carbons (Fsp3) is 0.583. The van der Waals surface area contributed by atoms with E-state index in [9.17, 15) is 4.79 Å². The van der Waals surface area contributed by atoms with Gasteiger partial charge in [0.25, 0.3) is 0 Å². The Hall–Kier alpha value is -2.05. The standard InChI is InChI=1S/C12H21N5O2/c1-3-5-14-10-8-11(17-9(4-2)16-10)15-6-7-19-12(13)18/h8H,3-7H2,1-2H3,(H2,13,18)(H2,14,15,16,17). The molecule has 1 heterocycles. The minimum Gasteiger partial charge on any atom is -0.448 e. The molecule has 0 radical (unpaired) electrons. The van der Waals surface area contributed by atoms with Gasteiger partial charge in [0.2, 0.25) is 0 Å². The first-order valence-corrected chi connectivity index (χ1v) is 6.43. The third kappa shape index (κ3) is 5.89. The maximum atomic E-state index is 10.4. The second-order valence-corrected chi connectivity index (χ2v) is 3.93. The molecule has 106 valence electrons. The van der Waals surface area contributed by atoms with Gasteiger partial charge in [0.05, 0.1) is 6.54 Å². The van der Waals surface area contributed by atoms with Crippen molar-refractivity contribution in [3.63, 3.8) is 0 Å². The van der Waals surface area contributed by atoms with E-state index in [0.717, 1.165) is 31.0 Å². The third-order valence-electron chi connectivity index (χ3n) is 2.30. The number of aromatic nitrogens is 2. The summed E-state index contributed by atoms with van der Waals surface area (Å²) in [6.07, 6.45) is 1.01. The van der Waals surface area contributed by atoms with E-state index in [1.165, 1.54) is 0 Å². The Balaban J connectivity index is 2.57. The number of hydrogen-bond acceptors (Lipinski definition) is 6. The fourth-order valence-corrected chi connectivity index (χ4v) is 1.42. The first-order chi connectivity index (χ1) is 9.15. The Bertz CT molecular complexity index is 411. The zero-order valence-electron chi connectivity index (χ0n) is 11.4. The summed E-state index contributed by atoms with van der Waals surface area (Å²) in [6, 6.07) is 1.83. The first kappa shape index (κ1) is 15.0. The van der Waals surface area contributed by atoms with E-state index in [2.05, 4.69) is 32.3 Å². The van der Waals surface area contributed by atoms with Crippen molar-refractivity contribution in [1.82, 2.24) is 9.97 Å². The van der Waals surface area contributed by atoms with Gasteiger partial charge >= 0.3 is 6.09 Å². The number of rotatable bonds is 8. The second-order valence-electron chi connectivity index (χ2n) is 3.93.